The van der Waals surface area contributed by atoms with Gasteiger partial charge in [-0.25, -0.2) is 22.7 Å². The first-order chi connectivity index (χ1) is 12.6. The van der Waals surface area contributed by atoms with E-state index in [1.54, 1.807) is 23.8 Å². The summed E-state index contributed by atoms with van der Waals surface area (Å²) in [4.78, 5) is 23.2. The van der Waals surface area contributed by atoms with Crippen molar-refractivity contribution in [3.63, 3.8) is 0 Å². The molecule has 0 unspecified atom stereocenters. The lowest BCUT2D eigenvalue weighted by Gasteiger charge is -2.16. The van der Waals surface area contributed by atoms with E-state index in [1.165, 1.54) is 24.3 Å². The van der Waals surface area contributed by atoms with Gasteiger partial charge >= 0.3 is 12.0 Å². The first-order valence-electron chi connectivity index (χ1n) is 7.72. The number of urea groups is 1. The number of phenolic OH excluding ortho intramolecular Hbond substituents is 2. The van der Waals surface area contributed by atoms with E-state index < -0.39 is 33.8 Å². The molecule has 0 bridgehead atoms. The van der Waals surface area contributed by atoms with Gasteiger partial charge in [0.05, 0.1) is 4.90 Å². The molecule has 0 aliphatic rings. The molecule has 0 saturated heterocycles. The summed E-state index contributed by atoms with van der Waals surface area (Å²) in [6, 6.07) is 6.78. The largest absolute Gasteiger partial charge is 0.504 e. The van der Waals surface area contributed by atoms with E-state index in [0.29, 0.717) is 5.56 Å². The quantitative estimate of drug-likeness (QED) is 0.460. The molecule has 0 aliphatic heterocycles. The van der Waals surface area contributed by atoms with Crippen molar-refractivity contribution in [2.24, 2.45) is 0 Å². The maximum absolute atomic E-state index is 12.2. The monoisotopic (exact) mass is 394 g/mol. The highest BCUT2D eigenvalue weighted by Gasteiger charge is 2.24. The van der Waals surface area contributed by atoms with Gasteiger partial charge in [0.1, 0.15) is 6.04 Å². The summed E-state index contributed by atoms with van der Waals surface area (Å²) in [7, 11) is -4.16. The number of aryl methyl sites for hydroxylation is 1. The summed E-state index contributed by atoms with van der Waals surface area (Å²) in [5.41, 5.74) is 1.15. The smallest absolute Gasteiger partial charge is 0.329 e. The molecule has 2 amide bonds. The minimum Gasteiger partial charge on any atom is -0.504 e. The lowest BCUT2D eigenvalue weighted by atomic mass is 10.1. The third kappa shape index (κ3) is 5.35. The van der Waals surface area contributed by atoms with Crippen molar-refractivity contribution >= 4 is 22.0 Å². The molecule has 0 heterocycles. The third-order valence-electron chi connectivity index (χ3n) is 3.64. The number of carbonyl (C=O) groups is 2. The molecule has 1 atom stereocenters. The molecule has 0 fully saturated rings. The first-order valence-corrected chi connectivity index (χ1v) is 9.20. The molecule has 0 radical (unpaired) electrons. The number of benzene rings is 2. The molecular weight excluding hydrogens is 376 g/mol. The van der Waals surface area contributed by atoms with E-state index in [-0.39, 0.29) is 17.1 Å². The number of hydrogen-bond donors (Lipinski definition) is 5. The Morgan fingerprint density at radius 3 is 2.22 bits per heavy atom. The minimum absolute atomic E-state index is 0.140. The minimum atomic E-state index is -4.16. The van der Waals surface area contributed by atoms with Crippen LogP contribution in [-0.4, -0.2) is 41.8 Å². The third-order valence-corrected chi connectivity index (χ3v) is 4.99. The van der Waals surface area contributed by atoms with Crippen LogP contribution in [0.1, 0.15) is 11.1 Å². The molecule has 2 aromatic carbocycles. The van der Waals surface area contributed by atoms with E-state index in [9.17, 15) is 33.3 Å². The van der Waals surface area contributed by atoms with Crippen molar-refractivity contribution < 1.29 is 33.3 Å². The van der Waals surface area contributed by atoms with Crippen molar-refractivity contribution in [1.82, 2.24) is 10.0 Å². The fraction of sp³-hybridized carbons (Fsp3) is 0.176. The highest BCUT2D eigenvalue weighted by Crippen LogP contribution is 2.25. The summed E-state index contributed by atoms with van der Waals surface area (Å²) in [6.45, 7) is 1.77. The van der Waals surface area contributed by atoms with E-state index in [4.69, 9.17) is 0 Å². The van der Waals surface area contributed by atoms with Gasteiger partial charge in [-0.15, -0.1) is 0 Å². The molecule has 0 aliphatic carbocycles. The molecule has 0 aromatic heterocycles. The second-order valence-corrected chi connectivity index (χ2v) is 7.49. The zero-order valence-electron chi connectivity index (χ0n) is 14.2. The molecule has 9 nitrogen and oxygen atoms in total. The molecular formula is C17H18N2O7S. The topological polar surface area (TPSA) is 153 Å². The molecule has 10 heteroatoms. The number of aliphatic carboxylic acids is 1. The Balaban J connectivity index is 2.09. The predicted octanol–water partition coefficient (Wildman–Crippen LogP) is 1.09. The van der Waals surface area contributed by atoms with Crippen LogP contribution in [0.2, 0.25) is 0 Å². The molecule has 5 N–H and O–H groups in total. The number of nitrogens with one attached hydrogen (secondary N) is 2. The van der Waals surface area contributed by atoms with E-state index >= 15 is 0 Å². The fourth-order valence-corrected chi connectivity index (χ4v) is 3.13. The van der Waals surface area contributed by atoms with Crippen LogP contribution in [0.3, 0.4) is 0 Å². The maximum atomic E-state index is 12.2. The Morgan fingerprint density at radius 1 is 1.04 bits per heavy atom. The predicted molar refractivity (Wildman–Crippen MR) is 94.9 cm³/mol. The van der Waals surface area contributed by atoms with Gasteiger partial charge in [-0.05, 0) is 36.8 Å². The SMILES string of the molecule is Cc1ccc(S(=O)(=O)NC(=O)N[C@@H](Cc2ccc(O)c(O)c2)C(=O)O)cc1. The van der Waals surface area contributed by atoms with Gasteiger partial charge in [0.25, 0.3) is 10.0 Å². The van der Waals surface area contributed by atoms with Gasteiger partial charge in [0.15, 0.2) is 11.5 Å². The number of hydrogen-bond acceptors (Lipinski definition) is 6. The lowest BCUT2D eigenvalue weighted by molar-refractivity contribution is -0.139. The van der Waals surface area contributed by atoms with Gasteiger partial charge in [0, 0.05) is 6.42 Å². The van der Waals surface area contributed by atoms with E-state index in [1.807, 2.05) is 0 Å². The highest BCUT2D eigenvalue weighted by atomic mass is 32.2. The number of carboxylic acids is 1. The van der Waals surface area contributed by atoms with Crippen molar-refractivity contribution in [3.05, 3.63) is 53.6 Å². The van der Waals surface area contributed by atoms with Gasteiger partial charge in [-0.1, -0.05) is 23.8 Å². The summed E-state index contributed by atoms with van der Waals surface area (Å²) in [5, 5.41) is 30.0. The molecule has 144 valence electrons. The zero-order chi connectivity index (χ0) is 20.2. The summed E-state index contributed by atoms with van der Waals surface area (Å²) in [6.07, 6.45) is -0.235. The van der Waals surface area contributed by atoms with Crippen LogP contribution in [-0.2, 0) is 21.2 Å². The van der Waals surface area contributed by atoms with Crippen molar-refractivity contribution in [1.29, 1.82) is 0 Å². The normalized spacial score (nSPS) is 12.2. The standard InChI is InChI=1S/C17H18N2O7S/c1-10-2-5-12(6-3-10)27(25,26)19-17(24)18-13(16(22)23)8-11-4-7-14(20)15(21)9-11/h2-7,9,13,20-21H,8H2,1H3,(H,22,23)(H2,18,19,24)/t13-/m0/s1. The van der Waals surface area contributed by atoms with Crippen LogP contribution in [0, 0.1) is 6.92 Å². The van der Waals surface area contributed by atoms with E-state index in [0.717, 1.165) is 11.6 Å². The Hall–Kier alpha value is -3.27. The second-order valence-electron chi connectivity index (χ2n) is 5.81. The molecule has 0 saturated carbocycles. The molecule has 2 aromatic rings. The Kier molecular flexibility index (Phi) is 5.91. The summed E-state index contributed by atoms with van der Waals surface area (Å²) < 4.78 is 26.1. The number of carbonyl (C=O) groups excluding carboxylic acids is 1. The van der Waals surface area contributed by atoms with Crippen LogP contribution >= 0.6 is 0 Å². The molecule has 2 rings (SSSR count). The fourth-order valence-electron chi connectivity index (χ4n) is 2.22. The second kappa shape index (κ2) is 7.96. The van der Waals surface area contributed by atoms with Gasteiger partial charge in [0.2, 0.25) is 0 Å². The van der Waals surface area contributed by atoms with Gasteiger partial charge in [-0.2, -0.15) is 0 Å². The van der Waals surface area contributed by atoms with Crippen molar-refractivity contribution in [3.8, 4) is 11.5 Å². The summed E-state index contributed by atoms with van der Waals surface area (Å²) in [5.74, 6) is -2.21. The van der Waals surface area contributed by atoms with Crippen LogP contribution in [0.15, 0.2) is 47.4 Å². The van der Waals surface area contributed by atoms with Crippen LogP contribution in [0.25, 0.3) is 0 Å². The van der Waals surface area contributed by atoms with Crippen LogP contribution < -0.4 is 10.0 Å². The van der Waals surface area contributed by atoms with Gasteiger partial charge in [-0.3, -0.25) is 0 Å². The van der Waals surface area contributed by atoms with Crippen molar-refractivity contribution in [2.75, 3.05) is 0 Å². The Labute approximate surface area is 155 Å². The zero-order valence-corrected chi connectivity index (χ0v) is 15.0. The lowest BCUT2D eigenvalue weighted by Crippen LogP contribution is -2.48. The average Bonchev–Trinajstić information content (AvgIpc) is 2.57. The van der Waals surface area contributed by atoms with Crippen LogP contribution in [0.4, 0.5) is 4.79 Å². The first kappa shape index (κ1) is 20.0. The number of aromatic hydroxyl groups is 2. The van der Waals surface area contributed by atoms with E-state index in [2.05, 4.69) is 5.32 Å². The Bertz CT molecular complexity index is 956. The number of amides is 2. The number of rotatable bonds is 6. The number of sulfonamides is 1. The van der Waals surface area contributed by atoms with Crippen LogP contribution in [0.5, 0.6) is 11.5 Å². The van der Waals surface area contributed by atoms with Gasteiger partial charge < -0.3 is 20.6 Å². The molecule has 27 heavy (non-hydrogen) atoms. The summed E-state index contributed by atoms with van der Waals surface area (Å²) >= 11 is 0. The Morgan fingerprint density at radius 2 is 1.67 bits per heavy atom. The maximum Gasteiger partial charge on any atom is 0.329 e. The number of carboxylic acid groups (broad SMARTS) is 1. The molecule has 0 spiro atoms. The average molecular weight is 394 g/mol. The number of phenols is 2. The van der Waals surface area contributed by atoms with Crippen molar-refractivity contribution in [2.45, 2.75) is 24.3 Å². The highest BCUT2D eigenvalue weighted by molar-refractivity contribution is 7.90.